The van der Waals surface area contributed by atoms with Crippen LogP contribution in [0.2, 0.25) is 0 Å². The molecule has 0 bridgehead atoms. The van der Waals surface area contributed by atoms with E-state index in [9.17, 15) is 4.79 Å². The van der Waals surface area contributed by atoms with E-state index >= 15 is 0 Å². The van der Waals surface area contributed by atoms with Gasteiger partial charge in [-0.3, -0.25) is 4.79 Å². The normalized spacial score (nSPS) is 15.8. The summed E-state index contributed by atoms with van der Waals surface area (Å²) in [6.45, 7) is 7.51. The van der Waals surface area contributed by atoms with Crippen molar-refractivity contribution in [1.29, 1.82) is 0 Å². The fourth-order valence-electron chi connectivity index (χ4n) is 4.33. The van der Waals surface area contributed by atoms with Crippen molar-refractivity contribution in [2.75, 3.05) is 25.0 Å². The Bertz CT molecular complexity index is 1100. The molecule has 1 amide bonds. The molecule has 0 spiro atoms. The van der Waals surface area contributed by atoms with Crippen LogP contribution in [-0.4, -0.2) is 40.0 Å². The Kier molecular flexibility index (Phi) is 6.07. The number of imidazole rings is 1. The number of aromatic nitrogens is 2. The van der Waals surface area contributed by atoms with Crippen molar-refractivity contribution in [1.82, 2.24) is 14.5 Å². The van der Waals surface area contributed by atoms with E-state index in [0.29, 0.717) is 49.6 Å². The maximum absolute atomic E-state index is 13.6. The molecule has 2 aromatic carbocycles. The topological polar surface area (TPSA) is 59.4 Å². The number of carbonyl (C=O) groups is 1. The third-order valence-electron chi connectivity index (χ3n) is 6.48. The van der Waals surface area contributed by atoms with Gasteiger partial charge in [0.2, 0.25) is 0 Å². The molecule has 1 aliphatic heterocycles. The summed E-state index contributed by atoms with van der Waals surface area (Å²) in [5.74, 6) is 3.43. The summed E-state index contributed by atoms with van der Waals surface area (Å²) in [6.07, 6.45) is 2.45. The van der Waals surface area contributed by atoms with Crippen molar-refractivity contribution in [2.45, 2.75) is 45.8 Å². The van der Waals surface area contributed by atoms with Crippen LogP contribution in [0.1, 0.15) is 60.0 Å². The number of rotatable bonds is 8. The number of carbonyl (C=O) groups excluding carboxylic acids is 1. The van der Waals surface area contributed by atoms with Crippen LogP contribution in [0.5, 0.6) is 5.75 Å². The Hall–Kier alpha value is -3.28. The van der Waals surface area contributed by atoms with Crippen molar-refractivity contribution >= 4 is 11.7 Å². The van der Waals surface area contributed by atoms with E-state index in [0.717, 1.165) is 23.7 Å². The van der Waals surface area contributed by atoms with Gasteiger partial charge >= 0.3 is 0 Å². The lowest BCUT2D eigenvalue weighted by atomic mass is 10.0. The van der Waals surface area contributed by atoms with E-state index in [2.05, 4.69) is 43.4 Å². The van der Waals surface area contributed by atoms with Crippen LogP contribution in [0.25, 0.3) is 0 Å². The average Bonchev–Trinajstić information content (AvgIpc) is 3.60. The molecule has 1 fully saturated rings. The molecule has 1 aliphatic carbocycles. The number of hydrogen-bond acceptors (Lipinski definition) is 4. The van der Waals surface area contributed by atoms with E-state index in [4.69, 9.17) is 9.72 Å². The molecule has 3 aromatic rings. The Balaban J connectivity index is 1.44. The van der Waals surface area contributed by atoms with E-state index in [-0.39, 0.29) is 5.91 Å². The van der Waals surface area contributed by atoms with Crippen LogP contribution in [0.15, 0.2) is 54.6 Å². The number of fused-ring (bicyclic) bond motifs is 1. The Morgan fingerprint density at radius 1 is 1.09 bits per heavy atom. The quantitative estimate of drug-likeness (QED) is 0.536. The summed E-state index contributed by atoms with van der Waals surface area (Å²) in [5, 5.41) is 3.39. The molecule has 0 unspecified atom stereocenters. The highest BCUT2D eigenvalue weighted by atomic mass is 16.5. The molecule has 1 N–H and O–H groups in total. The van der Waals surface area contributed by atoms with Gasteiger partial charge in [-0.05, 0) is 47.9 Å². The number of amides is 1. The molecular formula is C27H32N4O2. The fraction of sp³-hybridized carbons (Fsp3) is 0.407. The van der Waals surface area contributed by atoms with Gasteiger partial charge in [-0.2, -0.15) is 0 Å². The number of nitrogens with one attached hydrogen (secondary N) is 1. The molecule has 1 saturated carbocycles. The van der Waals surface area contributed by atoms with Gasteiger partial charge in [0.1, 0.15) is 18.2 Å². The van der Waals surface area contributed by atoms with E-state index in [1.54, 1.807) is 0 Å². The van der Waals surface area contributed by atoms with Crippen molar-refractivity contribution in [3.05, 3.63) is 77.2 Å². The summed E-state index contributed by atoms with van der Waals surface area (Å²) in [6, 6.07) is 18.4. The van der Waals surface area contributed by atoms with E-state index in [1.807, 2.05) is 39.8 Å². The molecule has 172 valence electrons. The molecular weight excluding hydrogens is 412 g/mol. The minimum Gasteiger partial charge on any atom is -0.486 e. The average molecular weight is 445 g/mol. The Morgan fingerprint density at radius 2 is 1.85 bits per heavy atom. The third-order valence-corrected chi connectivity index (χ3v) is 6.48. The van der Waals surface area contributed by atoms with Gasteiger partial charge in [0.25, 0.3) is 5.91 Å². The summed E-state index contributed by atoms with van der Waals surface area (Å²) in [4.78, 5) is 20.4. The van der Waals surface area contributed by atoms with Crippen LogP contribution in [-0.2, 0) is 13.2 Å². The molecule has 33 heavy (non-hydrogen) atoms. The van der Waals surface area contributed by atoms with E-state index in [1.165, 1.54) is 18.4 Å². The van der Waals surface area contributed by atoms with Gasteiger partial charge in [-0.25, -0.2) is 4.98 Å². The van der Waals surface area contributed by atoms with Gasteiger partial charge in [0, 0.05) is 26.2 Å². The van der Waals surface area contributed by atoms with Crippen LogP contribution in [0.4, 0.5) is 5.82 Å². The maximum Gasteiger partial charge on any atom is 0.274 e. The molecule has 6 nitrogen and oxygen atoms in total. The minimum atomic E-state index is 0.0675. The second-order valence-electron chi connectivity index (χ2n) is 9.43. The van der Waals surface area contributed by atoms with Crippen LogP contribution in [0, 0.1) is 5.92 Å². The van der Waals surface area contributed by atoms with Crippen molar-refractivity contribution in [3.8, 4) is 5.75 Å². The Labute approximate surface area is 195 Å². The lowest BCUT2D eigenvalue weighted by Crippen LogP contribution is -2.35. The lowest BCUT2D eigenvalue weighted by Gasteiger charge is -2.21. The molecule has 0 radical (unpaired) electrons. The van der Waals surface area contributed by atoms with Crippen molar-refractivity contribution < 1.29 is 9.53 Å². The highest BCUT2D eigenvalue weighted by Crippen LogP contribution is 2.32. The lowest BCUT2D eigenvalue weighted by molar-refractivity contribution is 0.0749. The minimum absolute atomic E-state index is 0.0675. The zero-order chi connectivity index (χ0) is 22.8. The number of nitrogens with zero attached hydrogens (tertiary/aromatic N) is 3. The van der Waals surface area contributed by atoms with Crippen LogP contribution < -0.4 is 10.1 Å². The first-order valence-corrected chi connectivity index (χ1v) is 12.0. The van der Waals surface area contributed by atoms with Gasteiger partial charge in [0.05, 0.1) is 0 Å². The third kappa shape index (κ3) is 4.90. The molecule has 2 aliphatic rings. The number of ether oxygens (including phenoxy) is 1. The molecule has 0 saturated heterocycles. The molecule has 0 atom stereocenters. The van der Waals surface area contributed by atoms with Gasteiger partial charge in [0.15, 0.2) is 11.5 Å². The van der Waals surface area contributed by atoms with Gasteiger partial charge < -0.3 is 19.5 Å². The monoisotopic (exact) mass is 444 g/mol. The van der Waals surface area contributed by atoms with Gasteiger partial charge in [-0.1, -0.05) is 56.3 Å². The first kappa shape index (κ1) is 21.6. The largest absolute Gasteiger partial charge is 0.486 e. The number of anilines is 1. The van der Waals surface area contributed by atoms with Gasteiger partial charge in [-0.15, -0.1) is 0 Å². The number of benzene rings is 2. The predicted octanol–water partition coefficient (Wildman–Crippen LogP) is 4.91. The first-order valence-electron chi connectivity index (χ1n) is 12.0. The summed E-state index contributed by atoms with van der Waals surface area (Å²) >= 11 is 0. The van der Waals surface area contributed by atoms with Crippen LogP contribution >= 0.6 is 0 Å². The highest BCUT2D eigenvalue weighted by Gasteiger charge is 2.33. The first-order chi connectivity index (χ1) is 16.1. The zero-order valence-corrected chi connectivity index (χ0v) is 19.5. The van der Waals surface area contributed by atoms with E-state index < -0.39 is 0 Å². The SMILES string of the molecule is CC(C)c1ccc(OCc2nc3c(n2Cc2ccccc2)C(=O)N(CC2CC2)CCN3)cc1. The predicted molar refractivity (Wildman–Crippen MR) is 130 cm³/mol. The zero-order valence-electron chi connectivity index (χ0n) is 19.5. The second-order valence-corrected chi connectivity index (χ2v) is 9.43. The Morgan fingerprint density at radius 3 is 2.55 bits per heavy atom. The van der Waals surface area contributed by atoms with Crippen molar-refractivity contribution in [2.24, 2.45) is 5.92 Å². The summed E-state index contributed by atoms with van der Waals surface area (Å²) < 4.78 is 8.15. The smallest absolute Gasteiger partial charge is 0.274 e. The molecule has 5 rings (SSSR count). The summed E-state index contributed by atoms with van der Waals surface area (Å²) in [5.41, 5.74) is 3.06. The summed E-state index contributed by atoms with van der Waals surface area (Å²) in [7, 11) is 0. The second kappa shape index (κ2) is 9.30. The fourth-order valence-corrected chi connectivity index (χ4v) is 4.33. The number of hydrogen-bond donors (Lipinski definition) is 1. The van der Waals surface area contributed by atoms with Crippen molar-refractivity contribution in [3.63, 3.8) is 0 Å². The standard InChI is InChI=1S/C27H32N4O2/c1-19(2)22-10-12-23(13-11-22)33-18-24-29-26-25(31(24)17-20-6-4-3-5-7-20)27(32)30(15-14-28-26)16-21-8-9-21/h3-7,10-13,19,21,28H,8-9,14-18H2,1-2H3. The molecule has 6 heteroatoms. The maximum atomic E-state index is 13.6. The van der Waals surface area contributed by atoms with Crippen LogP contribution in [0.3, 0.4) is 0 Å². The molecule has 1 aromatic heterocycles. The highest BCUT2D eigenvalue weighted by molar-refractivity contribution is 5.98. The molecule has 2 heterocycles.